The Labute approximate surface area is 177 Å². The zero-order chi connectivity index (χ0) is 21.3. The minimum absolute atomic E-state index is 0.101. The fourth-order valence-corrected chi connectivity index (χ4v) is 3.94. The summed E-state index contributed by atoms with van der Waals surface area (Å²) in [6, 6.07) is 17.1. The van der Waals surface area contributed by atoms with Crippen LogP contribution in [0.25, 0.3) is 16.7 Å². The fraction of sp³-hybridized carbons (Fsp3) is 0.273. The number of para-hydroxylation sites is 1. The fourth-order valence-electron chi connectivity index (χ4n) is 3.23. The van der Waals surface area contributed by atoms with Gasteiger partial charge >= 0.3 is 5.97 Å². The molecule has 4 aromatic rings. The van der Waals surface area contributed by atoms with E-state index in [1.807, 2.05) is 73.7 Å². The van der Waals surface area contributed by atoms with E-state index in [2.05, 4.69) is 10.2 Å². The summed E-state index contributed by atoms with van der Waals surface area (Å²) >= 11 is 1.24. The van der Waals surface area contributed by atoms with Gasteiger partial charge in [0.2, 0.25) is 5.78 Å². The number of aromatic nitrogens is 4. The molecular formula is C22H22N4O3S. The Morgan fingerprint density at radius 3 is 2.47 bits per heavy atom. The van der Waals surface area contributed by atoms with Crippen LogP contribution in [0.15, 0.2) is 64.5 Å². The number of hydrogen-bond acceptors (Lipinski definition) is 6. The molecule has 0 spiro atoms. The predicted octanol–water partition coefficient (Wildman–Crippen LogP) is 3.53. The smallest absolute Gasteiger partial charge is 0.316 e. The van der Waals surface area contributed by atoms with Crippen LogP contribution in [-0.2, 0) is 16.1 Å². The molecule has 7 nitrogen and oxygen atoms in total. The summed E-state index contributed by atoms with van der Waals surface area (Å²) in [6.07, 6.45) is 0. The summed E-state index contributed by atoms with van der Waals surface area (Å²) in [4.78, 5) is 25.3. The summed E-state index contributed by atoms with van der Waals surface area (Å²) in [7, 11) is 0. The summed E-state index contributed by atoms with van der Waals surface area (Å²) in [5.41, 5.74) is 1.02. The Bertz CT molecular complexity index is 1270. The number of carbonyl (C=O) groups excluding carboxylic acids is 1. The van der Waals surface area contributed by atoms with Crippen LogP contribution in [0.5, 0.6) is 0 Å². The van der Waals surface area contributed by atoms with E-state index in [9.17, 15) is 9.59 Å². The average molecular weight is 423 g/mol. The van der Waals surface area contributed by atoms with Crippen molar-refractivity contribution in [1.82, 2.24) is 19.2 Å². The zero-order valence-corrected chi connectivity index (χ0v) is 17.8. The van der Waals surface area contributed by atoms with Gasteiger partial charge in [0.05, 0.1) is 23.2 Å². The lowest BCUT2D eigenvalue weighted by atomic mass is 10.2. The maximum Gasteiger partial charge on any atom is 0.316 e. The van der Waals surface area contributed by atoms with Crippen LogP contribution in [0.1, 0.15) is 26.3 Å². The standard InChI is InChI=1S/C22H22N4O3S/c1-22(2,3)29-18(27)14-30-21-24-23-20-25(13-15-9-5-4-6-10-15)19(28)16-11-7-8-12-17(16)26(20)21/h4-12H,13-14H2,1-3H3. The van der Waals surface area contributed by atoms with E-state index in [1.54, 1.807) is 10.6 Å². The Morgan fingerprint density at radius 2 is 1.73 bits per heavy atom. The van der Waals surface area contributed by atoms with Crippen molar-refractivity contribution in [2.75, 3.05) is 5.75 Å². The molecule has 154 valence electrons. The SMILES string of the molecule is CC(C)(C)OC(=O)CSc1nnc2n(Cc3ccccc3)c(=O)c3ccccc3n12. The normalized spacial score (nSPS) is 11.8. The molecule has 0 bridgehead atoms. The molecule has 0 amide bonds. The molecule has 0 unspecified atom stereocenters. The highest BCUT2D eigenvalue weighted by molar-refractivity contribution is 7.99. The molecule has 2 aromatic carbocycles. The Morgan fingerprint density at radius 1 is 1.03 bits per heavy atom. The molecule has 0 aliphatic carbocycles. The molecule has 0 atom stereocenters. The quantitative estimate of drug-likeness (QED) is 0.362. The lowest BCUT2D eigenvalue weighted by Gasteiger charge is -2.19. The number of nitrogens with zero attached hydrogens (tertiary/aromatic N) is 4. The van der Waals surface area contributed by atoms with Gasteiger partial charge in [0.1, 0.15) is 5.60 Å². The molecule has 8 heteroatoms. The number of fused-ring (bicyclic) bond motifs is 3. The van der Waals surface area contributed by atoms with E-state index >= 15 is 0 Å². The second-order valence-electron chi connectivity index (χ2n) is 7.89. The number of benzene rings is 2. The highest BCUT2D eigenvalue weighted by Gasteiger charge is 2.20. The lowest BCUT2D eigenvalue weighted by Crippen LogP contribution is -2.25. The second kappa shape index (κ2) is 7.95. The highest BCUT2D eigenvalue weighted by atomic mass is 32.2. The summed E-state index contributed by atoms with van der Waals surface area (Å²) < 4.78 is 8.83. The summed E-state index contributed by atoms with van der Waals surface area (Å²) in [5.74, 6) is 0.213. The molecule has 2 aromatic heterocycles. The van der Waals surface area contributed by atoms with Gasteiger partial charge in [0, 0.05) is 0 Å². The topological polar surface area (TPSA) is 78.5 Å². The molecule has 0 N–H and O–H groups in total. The summed E-state index contributed by atoms with van der Waals surface area (Å²) in [5, 5.41) is 9.65. The van der Waals surface area contributed by atoms with Gasteiger partial charge < -0.3 is 4.74 Å². The van der Waals surface area contributed by atoms with Crippen molar-refractivity contribution in [1.29, 1.82) is 0 Å². The minimum atomic E-state index is -0.548. The van der Waals surface area contributed by atoms with Crippen molar-refractivity contribution in [3.05, 3.63) is 70.5 Å². The highest BCUT2D eigenvalue weighted by Crippen LogP contribution is 2.22. The van der Waals surface area contributed by atoms with Gasteiger partial charge in [-0.25, -0.2) is 0 Å². The maximum absolute atomic E-state index is 13.2. The molecule has 0 aliphatic rings. The van der Waals surface area contributed by atoms with Gasteiger partial charge in [-0.05, 0) is 38.5 Å². The number of thioether (sulfide) groups is 1. The first-order chi connectivity index (χ1) is 14.3. The maximum atomic E-state index is 13.2. The largest absolute Gasteiger partial charge is 0.459 e. The Balaban J connectivity index is 1.79. The van der Waals surface area contributed by atoms with Gasteiger partial charge in [-0.15, -0.1) is 10.2 Å². The second-order valence-corrected chi connectivity index (χ2v) is 8.83. The number of esters is 1. The van der Waals surface area contributed by atoms with Gasteiger partial charge in [-0.2, -0.15) is 0 Å². The number of rotatable bonds is 5. The number of hydrogen-bond donors (Lipinski definition) is 0. The monoisotopic (exact) mass is 422 g/mol. The van der Waals surface area contributed by atoms with Crippen molar-refractivity contribution in [2.45, 2.75) is 38.1 Å². The van der Waals surface area contributed by atoms with Crippen LogP contribution in [0.4, 0.5) is 0 Å². The van der Waals surface area contributed by atoms with Crippen LogP contribution in [-0.4, -0.2) is 36.5 Å². The van der Waals surface area contributed by atoms with Crippen LogP contribution < -0.4 is 5.56 Å². The molecule has 0 aliphatic heterocycles. The molecule has 30 heavy (non-hydrogen) atoms. The minimum Gasteiger partial charge on any atom is -0.459 e. The third kappa shape index (κ3) is 4.09. The van der Waals surface area contributed by atoms with Crippen molar-refractivity contribution in [2.24, 2.45) is 0 Å². The van der Waals surface area contributed by atoms with Gasteiger partial charge in [0.25, 0.3) is 5.56 Å². The van der Waals surface area contributed by atoms with E-state index in [1.165, 1.54) is 11.8 Å². The molecular weight excluding hydrogens is 400 g/mol. The first-order valence-corrected chi connectivity index (χ1v) is 10.6. The third-order valence-corrected chi connectivity index (χ3v) is 5.30. The van der Waals surface area contributed by atoms with Gasteiger partial charge in [0.15, 0.2) is 5.16 Å². The van der Waals surface area contributed by atoms with Crippen molar-refractivity contribution in [3.63, 3.8) is 0 Å². The number of ether oxygens (including phenoxy) is 1. The number of carbonyl (C=O) groups is 1. The van der Waals surface area contributed by atoms with Crippen LogP contribution in [0, 0.1) is 0 Å². The van der Waals surface area contributed by atoms with E-state index in [0.29, 0.717) is 28.4 Å². The molecule has 0 fully saturated rings. The van der Waals surface area contributed by atoms with Crippen molar-refractivity contribution in [3.8, 4) is 0 Å². The predicted molar refractivity (Wildman–Crippen MR) is 117 cm³/mol. The lowest BCUT2D eigenvalue weighted by molar-refractivity contribution is -0.151. The first kappa shape index (κ1) is 20.2. The average Bonchev–Trinajstić information content (AvgIpc) is 3.13. The van der Waals surface area contributed by atoms with E-state index in [0.717, 1.165) is 5.56 Å². The molecule has 0 saturated heterocycles. The molecule has 2 heterocycles. The summed E-state index contributed by atoms with van der Waals surface area (Å²) in [6.45, 7) is 5.87. The van der Waals surface area contributed by atoms with Crippen LogP contribution in [0.3, 0.4) is 0 Å². The Kier molecular flexibility index (Phi) is 5.34. The third-order valence-electron chi connectivity index (χ3n) is 4.40. The van der Waals surface area contributed by atoms with E-state index < -0.39 is 5.60 Å². The van der Waals surface area contributed by atoms with Crippen molar-refractivity contribution < 1.29 is 9.53 Å². The molecule has 4 rings (SSSR count). The van der Waals surface area contributed by atoms with E-state index in [4.69, 9.17) is 4.74 Å². The van der Waals surface area contributed by atoms with Crippen LogP contribution >= 0.6 is 11.8 Å². The zero-order valence-electron chi connectivity index (χ0n) is 17.0. The van der Waals surface area contributed by atoms with Crippen LogP contribution in [0.2, 0.25) is 0 Å². The van der Waals surface area contributed by atoms with Crippen molar-refractivity contribution >= 4 is 34.4 Å². The molecule has 0 radical (unpaired) electrons. The van der Waals surface area contributed by atoms with Gasteiger partial charge in [-0.1, -0.05) is 54.2 Å². The Hall–Kier alpha value is -3.13. The van der Waals surface area contributed by atoms with Gasteiger partial charge in [-0.3, -0.25) is 18.6 Å². The van der Waals surface area contributed by atoms with E-state index in [-0.39, 0.29) is 17.3 Å². The first-order valence-electron chi connectivity index (χ1n) is 9.59. The molecule has 0 saturated carbocycles.